The van der Waals surface area contributed by atoms with Crippen LogP contribution >= 0.6 is 11.8 Å². The molecule has 6 heteroatoms. The Morgan fingerprint density at radius 1 is 1.07 bits per heavy atom. The van der Waals surface area contributed by atoms with E-state index < -0.39 is 11.5 Å². The fourth-order valence-corrected chi connectivity index (χ4v) is 5.40. The van der Waals surface area contributed by atoms with Crippen molar-refractivity contribution in [3.63, 3.8) is 0 Å². The van der Waals surface area contributed by atoms with E-state index in [4.69, 9.17) is 10.7 Å². The predicted octanol–water partition coefficient (Wildman–Crippen LogP) is 4.28. The van der Waals surface area contributed by atoms with Crippen LogP contribution in [0.2, 0.25) is 0 Å². The Labute approximate surface area is 173 Å². The van der Waals surface area contributed by atoms with Gasteiger partial charge in [0, 0.05) is 42.2 Å². The molecule has 2 aliphatic rings. The van der Waals surface area contributed by atoms with Gasteiger partial charge in [0.15, 0.2) is 5.17 Å². The zero-order valence-electron chi connectivity index (χ0n) is 15.8. The van der Waals surface area contributed by atoms with E-state index in [1.807, 2.05) is 24.3 Å². The van der Waals surface area contributed by atoms with Crippen LogP contribution in [0.5, 0.6) is 0 Å². The first kappa shape index (κ1) is 18.2. The number of anilines is 1. The van der Waals surface area contributed by atoms with Crippen LogP contribution < -0.4 is 10.6 Å². The predicted molar refractivity (Wildman–Crippen MR) is 118 cm³/mol. The number of fused-ring (bicyclic) bond motifs is 1. The maximum Gasteiger partial charge on any atom is 0.220 e. The van der Waals surface area contributed by atoms with Crippen molar-refractivity contribution >= 4 is 22.6 Å². The number of hydrogen-bond donors (Lipinski definition) is 1. The van der Waals surface area contributed by atoms with E-state index in [0.717, 1.165) is 30.0 Å². The number of nitrogens with two attached hydrogens (primary N) is 1. The summed E-state index contributed by atoms with van der Waals surface area (Å²) in [6, 6.07) is 22.0. The Bertz CT molecular complexity index is 1070. The second kappa shape index (κ2) is 7.19. The largest absolute Gasteiger partial charge is 0.379 e. The van der Waals surface area contributed by atoms with E-state index in [-0.39, 0.29) is 0 Å². The highest BCUT2D eigenvalue weighted by atomic mass is 32.2. The SMILES string of the molecule is NC1=N[C@@]2(c3cccc(-c4cccnc4F)c3)CN(c3ccccc3)C[C@H]2CS1. The van der Waals surface area contributed by atoms with Gasteiger partial charge in [-0.1, -0.05) is 48.2 Å². The molecule has 2 atom stereocenters. The molecule has 146 valence electrons. The number of rotatable bonds is 3. The third-order valence-corrected chi connectivity index (χ3v) is 6.80. The number of hydrogen-bond acceptors (Lipinski definition) is 5. The minimum atomic E-state index is -0.460. The molecule has 2 aromatic carbocycles. The normalized spacial score (nSPS) is 23.6. The number of aliphatic imine (C=N–C) groups is 1. The number of para-hydroxylation sites is 1. The van der Waals surface area contributed by atoms with Gasteiger partial charge in [0.2, 0.25) is 5.95 Å². The fourth-order valence-electron chi connectivity index (χ4n) is 4.42. The van der Waals surface area contributed by atoms with Gasteiger partial charge in [-0.3, -0.25) is 0 Å². The van der Waals surface area contributed by atoms with Gasteiger partial charge >= 0.3 is 0 Å². The third kappa shape index (κ3) is 3.17. The Balaban J connectivity index is 1.60. The van der Waals surface area contributed by atoms with Crippen LogP contribution in [0.3, 0.4) is 0 Å². The lowest BCUT2D eigenvalue weighted by Gasteiger charge is -2.35. The molecule has 1 fully saturated rings. The first-order valence-electron chi connectivity index (χ1n) is 9.65. The Morgan fingerprint density at radius 2 is 1.93 bits per heavy atom. The number of halogens is 1. The molecule has 3 heterocycles. The molecule has 0 bridgehead atoms. The molecule has 0 saturated carbocycles. The molecule has 0 aliphatic carbocycles. The molecule has 0 unspecified atom stereocenters. The highest BCUT2D eigenvalue weighted by Gasteiger charge is 2.50. The average molecular weight is 405 g/mol. The molecule has 4 nitrogen and oxygen atoms in total. The molecule has 0 radical (unpaired) electrons. The first-order chi connectivity index (χ1) is 14.2. The average Bonchev–Trinajstić information content (AvgIpc) is 3.15. The minimum absolute atomic E-state index is 0.328. The summed E-state index contributed by atoms with van der Waals surface area (Å²) >= 11 is 1.62. The van der Waals surface area contributed by atoms with Gasteiger partial charge in [-0.15, -0.1) is 0 Å². The molecule has 1 aromatic heterocycles. The van der Waals surface area contributed by atoms with Crippen LogP contribution in [0.4, 0.5) is 10.1 Å². The summed E-state index contributed by atoms with van der Waals surface area (Å²) in [6.45, 7) is 1.67. The number of nitrogens with zero attached hydrogens (tertiary/aromatic N) is 3. The Kier molecular flexibility index (Phi) is 4.51. The van der Waals surface area contributed by atoms with Gasteiger partial charge in [0.25, 0.3) is 0 Å². The summed E-state index contributed by atoms with van der Waals surface area (Å²) in [5.41, 5.74) is 9.34. The van der Waals surface area contributed by atoms with E-state index in [1.165, 1.54) is 11.9 Å². The van der Waals surface area contributed by atoms with Crippen molar-refractivity contribution in [2.24, 2.45) is 16.6 Å². The number of aromatic nitrogens is 1. The highest BCUT2D eigenvalue weighted by Crippen LogP contribution is 2.47. The molecule has 2 N–H and O–H groups in total. The van der Waals surface area contributed by atoms with E-state index >= 15 is 0 Å². The summed E-state index contributed by atoms with van der Waals surface area (Å²) < 4.78 is 14.3. The molecule has 2 aliphatic heterocycles. The Morgan fingerprint density at radius 3 is 2.76 bits per heavy atom. The van der Waals surface area contributed by atoms with Crippen molar-refractivity contribution < 1.29 is 4.39 Å². The van der Waals surface area contributed by atoms with Crippen LogP contribution in [0.1, 0.15) is 5.56 Å². The van der Waals surface area contributed by atoms with Gasteiger partial charge in [0.1, 0.15) is 5.54 Å². The zero-order valence-corrected chi connectivity index (χ0v) is 16.6. The lowest BCUT2D eigenvalue weighted by atomic mass is 9.81. The number of benzene rings is 2. The summed E-state index contributed by atoms with van der Waals surface area (Å²) in [5.74, 6) is 0.789. The number of amidine groups is 1. The van der Waals surface area contributed by atoms with Gasteiger partial charge in [-0.25, -0.2) is 9.98 Å². The van der Waals surface area contributed by atoms with Crippen molar-refractivity contribution in [3.05, 3.63) is 84.4 Å². The second-order valence-corrected chi connectivity index (χ2v) is 8.56. The summed E-state index contributed by atoms with van der Waals surface area (Å²) in [5, 5.41) is 0.620. The van der Waals surface area contributed by atoms with E-state index in [1.54, 1.807) is 23.9 Å². The molecular weight excluding hydrogens is 383 g/mol. The molecule has 5 rings (SSSR count). The fraction of sp³-hybridized carbons (Fsp3) is 0.217. The maximum absolute atomic E-state index is 14.3. The summed E-state index contributed by atoms with van der Waals surface area (Å²) in [6.07, 6.45) is 1.47. The van der Waals surface area contributed by atoms with Crippen LogP contribution in [-0.4, -0.2) is 29.0 Å². The molecule has 1 saturated heterocycles. The van der Waals surface area contributed by atoms with E-state index in [0.29, 0.717) is 16.6 Å². The van der Waals surface area contributed by atoms with Gasteiger partial charge < -0.3 is 10.6 Å². The van der Waals surface area contributed by atoms with Crippen molar-refractivity contribution in [3.8, 4) is 11.1 Å². The van der Waals surface area contributed by atoms with Crippen molar-refractivity contribution in [1.82, 2.24) is 4.98 Å². The summed E-state index contributed by atoms with van der Waals surface area (Å²) in [4.78, 5) is 11.2. The van der Waals surface area contributed by atoms with Gasteiger partial charge in [-0.2, -0.15) is 4.39 Å². The monoisotopic (exact) mass is 404 g/mol. The first-order valence-corrected chi connectivity index (χ1v) is 10.6. The van der Waals surface area contributed by atoms with Crippen LogP contribution in [-0.2, 0) is 5.54 Å². The molecular formula is C23H21FN4S. The topological polar surface area (TPSA) is 54.5 Å². The van der Waals surface area contributed by atoms with Crippen LogP contribution in [0.15, 0.2) is 77.9 Å². The van der Waals surface area contributed by atoms with Gasteiger partial charge in [-0.05, 0) is 41.5 Å². The smallest absolute Gasteiger partial charge is 0.220 e. The lowest BCUT2D eigenvalue weighted by molar-refractivity contribution is 0.388. The molecule has 29 heavy (non-hydrogen) atoms. The molecule has 3 aromatic rings. The maximum atomic E-state index is 14.3. The lowest BCUT2D eigenvalue weighted by Crippen LogP contribution is -2.40. The Hall–Kier alpha value is -2.86. The van der Waals surface area contributed by atoms with Crippen LogP contribution in [0.25, 0.3) is 11.1 Å². The molecule has 0 spiro atoms. The van der Waals surface area contributed by atoms with Gasteiger partial charge in [0.05, 0.1) is 0 Å². The van der Waals surface area contributed by atoms with Crippen molar-refractivity contribution in [2.75, 3.05) is 23.7 Å². The quantitative estimate of drug-likeness (QED) is 0.662. The second-order valence-electron chi connectivity index (χ2n) is 7.52. The van der Waals surface area contributed by atoms with Crippen molar-refractivity contribution in [1.29, 1.82) is 0 Å². The number of pyridine rings is 1. The molecule has 0 amide bonds. The minimum Gasteiger partial charge on any atom is -0.379 e. The summed E-state index contributed by atoms with van der Waals surface area (Å²) in [7, 11) is 0. The van der Waals surface area contributed by atoms with Crippen molar-refractivity contribution in [2.45, 2.75) is 5.54 Å². The van der Waals surface area contributed by atoms with Crippen LogP contribution in [0, 0.1) is 11.9 Å². The van der Waals surface area contributed by atoms with E-state index in [9.17, 15) is 4.39 Å². The highest BCUT2D eigenvalue weighted by molar-refractivity contribution is 8.13. The number of thioether (sulfide) groups is 1. The van der Waals surface area contributed by atoms with E-state index in [2.05, 4.69) is 40.2 Å². The standard InChI is InChI=1S/C23H21FN4S/c24-21-20(10-5-11-26-21)16-6-4-7-17(12-16)23-15-28(19-8-2-1-3-9-19)13-18(23)14-29-22(25)27-23/h1-12,18H,13-15H2,(H2,25,27)/t18-,23+/m0/s1. The third-order valence-electron chi connectivity index (χ3n) is 5.84. The zero-order chi connectivity index (χ0) is 19.8.